The third-order valence-corrected chi connectivity index (χ3v) is 3.85. The van der Waals surface area contributed by atoms with Gasteiger partial charge in [0.2, 0.25) is 11.8 Å². The average molecular weight is 369 g/mol. The molecule has 0 aliphatic carbocycles. The van der Waals surface area contributed by atoms with Crippen molar-refractivity contribution in [1.82, 2.24) is 10.3 Å². The second-order valence-electron chi connectivity index (χ2n) is 5.75. The first-order chi connectivity index (χ1) is 13.0. The number of halogens is 2. The lowest BCUT2D eigenvalue weighted by Gasteiger charge is -2.14. The molecule has 0 saturated carbocycles. The van der Waals surface area contributed by atoms with Crippen LogP contribution in [0.2, 0.25) is 0 Å². The summed E-state index contributed by atoms with van der Waals surface area (Å²) in [6.07, 6.45) is 1.50. The molecule has 1 aromatic heterocycles. The molecule has 0 unspecified atom stereocenters. The molecule has 0 spiro atoms. The lowest BCUT2D eigenvalue weighted by atomic mass is 10.1. The van der Waals surface area contributed by atoms with Gasteiger partial charge >= 0.3 is 0 Å². The number of carbonyl (C=O) groups excluding carboxylic acids is 1. The van der Waals surface area contributed by atoms with Crippen molar-refractivity contribution in [1.29, 1.82) is 0 Å². The Kier molecular flexibility index (Phi) is 5.73. The maximum absolute atomic E-state index is 13.3. The third-order valence-electron chi connectivity index (χ3n) is 3.85. The minimum atomic E-state index is -1.02. The van der Waals surface area contributed by atoms with Crippen molar-refractivity contribution in [2.45, 2.75) is 12.6 Å². The van der Waals surface area contributed by atoms with Crippen molar-refractivity contribution in [3.63, 3.8) is 0 Å². The van der Waals surface area contributed by atoms with Crippen LogP contribution in [0.15, 0.2) is 66.9 Å². The van der Waals surface area contributed by atoms with Crippen LogP contribution in [-0.2, 0) is 11.3 Å². The molecule has 0 radical (unpaired) electrons. The molecule has 7 heteroatoms. The van der Waals surface area contributed by atoms with Gasteiger partial charge in [0.25, 0.3) is 0 Å². The zero-order chi connectivity index (χ0) is 19.2. The van der Waals surface area contributed by atoms with Gasteiger partial charge in [0.05, 0.1) is 0 Å². The van der Waals surface area contributed by atoms with Crippen molar-refractivity contribution in [3.8, 4) is 11.6 Å². The van der Waals surface area contributed by atoms with Crippen LogP contribution in [0.4, 0.5) is 8.78 Å². The predicted molar refractivity (Wildman–Crippen MR) is 95.9 cm³/mol. The molecule has 1 heterocycles. The minimum absolute atomic E-state index is 0.0983. The van der Waals surface area contributed by atoms with Crippen LogP contribution in [0.3, 0.4) is 0 Å². The summed E-state index contributed by atoms with van der Waals surface area (Å²) >= 11 is 0. The van der Waals surface area contributed by atoms with E-state index in [1.165, 1.54) is 12.3 Å². The normalized spacial score (nSPS) is 11.7. The summed E-state index contributed by atoms with van der Waals surface area (Å²) in [6, 6.07) is 14.7. The lowest BCUT2D eigenvalue weighted by Crippen LogP contribution is -2.33. The van der Waals surface area contributed by atoms with Gasteiger partial charge in [-0.15, -0.1) is 0 Å². The van der Waals surface area contributed by atoms with Gasteiger partial charge in [0.1, 0.15) is 11.8 Å². The summed E-state index contributed by atoms with van der Waals surface area (Å²) in [4.78, 5) is 16.4. The lowest BCUT2D eigenvalue weighted by molar-refractivity contribution is -0.122. The molecule has 0 fully saturated rings. The summed E-state index contributed by atoms with van der Waals surface area (Å²) in [7, 11) is 0. The van der Waals surface area contributed by atoms with E-state index >= 15 is 0 Å². The number of nitrogens with zero attached hydrogens (tertiary/aromatic N) is 1. The smallest absolute Gasteiger partial charge is 0.241 e. The predicted octanol–water partition coefficient (Wildman–Crippen LogP) is 3.47. The molecule has 5 nitrogen and oxygen atoms in total. The number of nitrogens with two attached hydrogens (primary N) is 1. The highest BCUT2D eigenvalue weighted by Crippen LogP contribution is 2.24. The summed E-state index contributed by atoms with van der Waals surface area (Å²) in [5, 5.41) is 2.73. The molecule has 2 aromatic carbocycles. The van der Waals surface area contributed by atoms with Gasteiger partial charge in [0, 0.05) is 24.4 Å². The molecule has 0 aliphatic heterocycles. The number of benzene rings is 2. The van der Waals surface area contributed by atoms with Gasteiger partial charge in [-0.3, -0.25) is 4.79 Å². The van der Waals surface area contributed by atoms with Crippen molar-refractivity contribution in [2.24, 2.45) is 5.73 Å². The minimum Gasteiger partial charge on any atom is -0.439 e. The van der Waals surface area contributed by atoms with Crippen LogP contribution in [0.25, 0.3) is 0 Å². The van der Waals surface area contributed by atoms with E-state index in [9.17, 15) is 13.6 Å². The SMILES string of the molecule is N[C@@H](C(=O)NCc1cccnc1Oc1ccc(F)c(F)c1)c1ccccc1. The fourth-order valence-electron chi connectivity index (χ4n) is 2.41. The summed E-state index contributed by atoms with van der Waals surface area (Å²) in [6.45, 7) is 0.117. The highest BCUT2D eigenvalue weighted by atomic mass is 19.2. The van der Waals surface area contributed by atoms with Crippen LogP contribution in [0, 0.1) is 11.6 Å². The Hall–Kier alpha value is -3.32. The number of hydrogen-bond acceptors (Lipinski definition) is 4. The maximum Gasteiger partial charge on any atom is 0.241 e. The molecule has 27 heavy (non-hydrogen) atoms. The summed E-state index contributed by atoms with van der Waals surface area (Å²) < 4.78 is 31.9. The van der Waals surface area contributed by atoms with E-state index in [1.807, 2.05) is 6.07 Å². The number of nitrogens with one attached hydrogen (secondary N) is 1. The number of hydrogen-bond donors (Lipinski definition) is 2. The zero-order valence-electron chi connectivity index (χ0n) is 14.2. The van der Waals surface area contributed by atoms with Crippen molar-refractivity contribution >= 4 is 5.91 Å². The molecule has 3 rings (SSSR count). The molecule has 138 valence electrons. The third kappa shape index (κ3) is 4.65. The van der Waals surface area contributed by atoms with Crippen LogP contribution in [0.5, 0.6) is 11.6 Å². The molecule has 0 aliphatic rings. The molecule has 0 saturated heterocycles. The Bertz CT molecular complexity index is 936. The highest BCUT2D eigenvalue weighted by Gasteiger charge is 2.16. The Morgan fingerprint density at radius 3 is 2.59 bits per heavy atom. The van der Waals surface area contributed by atoms with Crippen LogP contribution < -0.4 is 15.8 Å². The standard InChI is InChI=1S/C20H17F2N3O2/c21-16-9-8-15(11-17(16)22)27-20-14(7-4-10-24-20)12-25-19(26)18(23)13-5-2-1-3-6-13/h1-11,18H,12,23H2,(H,25,26)/t18-/m1/s1. The van der Waals surface area contributed by atoms with E-state index in [0.717, 1.165) is 12.1 Å². The van der Waals surface area contributed by atoms with E-state index in [1.54, 1.807) is 36.4 Å². The van der Waals surface area contributed by atoms with Gasteiger partial charge in [-0.1, -0.05) is 36.4 Å². The van der Waals surface area contributed by atoms with Crippen LogP contribution >= 0.6 is 0 Å². The molecule has 1 atom stereocenters. The fraction of sp³-hybridized carbons (Fsp3) is 0.100. The first-order valence-electron chi connectivity index (χ1n) is 8.19. The number of pyridine rings is 1. The Morgan fingerprint density at radius 2 is 1.85 bits per heavy atom. The Labute approximate surface area is 154 Å². The molecular weight excluding hydrogens is 352 g/mol. The topological polar surface area (TPSA) is 77.2 Å². The first kappa shape index (κ1) is 18.5. The van der Waals surface area contributed by atoms with E-state index in [2.05, 4.69) is 10.3 Å². The van der Waals surface area contributed by atoms with E-state index in [-0.39, 0.29) is 24.1 Å². The first-order valence-corrected chi connectivity index (χ1v) is 8.19. The van der Waals surface area contributed by atoms with Crippen molar-refractivity contribution < 1.29 is 18.3 Å². The fourth-order valence-corrected chi connectivity index (χ4v) is 2.41. The van der Waals surface area contributed by atoms with Gasteiger partial charge in [-0.2, -0.15) is 0 Å². The van der Waals surface area contributed by atoms with Gasteiger partial charge in [-0.05, 0) is 23.8 Å². The number of aromatic nitrogens is 1. The Morgan fingerprint density at radius 1 is 1.07 bits per heavy atom. The summed E-state index contributed by atoms with van der Waals surface area (Å²) in [5.74, 6) is -2.07. The molecular formula is C20H17F2N3O2. The van der Waals surface area contributed by atoms with Crippen LogP contribution in [0.1, 0.15) is 17.2 Å². The van der Waals surface area contributed by atoms with Gasteiger partial charge in [0.15, 0.2) is 11.6 Å². The maximum atomic E-state index is 13.3. The number of carbonyl (C=O) groups is 1. The van der Waals surface area contributed by atoms with Gasteiger partial charge in [-0.25, -0.2) is 13.8 Å². The van der Waals surface area contributed by atoms with E-state index in [4.69, 9.17) is 10.5 Å². The van der Waals surface area contributed by atoms with Crippen molar-refractivity contribution in [3.05, 3.63) is 89.6 Å². The van der Waals surface area contributed by atoms with Crippen LogP contribution in [-0.4, -0.2) is 10.9 Å². The largest absolute Gasteiger partial charge is 0.439 e. The average Bonchev–Trinajstić information content (AvgIpc) is 2.70. The molecule has 3 N–H and O–H groups in total. The molecule has 3 aromatic rings. The van der Waals surface area contributed by atoms with E-state index < -0.39 is 17.7 Å². The Balaban J connectivity index is 1.69. The number of rotatable bonds is 6. The zero-order valence-corrected chi connectivity index (χ0v) is 14.2. The molecule has 1 amide bonds. The highest BCUT2D eigenvalue weighted by molar-refractivity contribution is 5.82. The second-order valence-corrected chi connectivity index (χ2v) is 5.75. The monoisotopic (exact) mass is 369 g/mol. The summed E-state index contributed by atoms with van der Waals surface area (Å²) in [5.41, 5.74) is 7.22. The van der Waals surface area contributed by atoms with Gasteiger partial charge < -0.3 is 15.8 Å². The second kappa shape index (κ2) is 8.37. The van der Waals surface area contributed by atoms with Crippen molar-refractivity contribution in [2.75, 3.05) is 0 Å². The quantitative estimate of drug-likeness (QED) is 0.698. The number of amides is 1. The number of ether oxygens (including phenoxy) is 1. The molecule has 0 bridgehead atoms. The van der Waals surface area contributed by atoms with E-state index in [0.29, 0.717) is 11.1 Å².